The number of halogens is 2. The number of aliphatic hydroxyl groups is 1. The number of nitrogens with zero attached hydrogens (tertiary/aromatic N) is 2. The van der Waals surface area contributed by atoms with Crippen LogP contribution in [0.2, 0.25) is 0 Å². The van der Waals surface area contributed by atoms with Gasteiger partial charge in [0.2, 0.25) is 0 Å². The fourth-order valence-corrected chi connectivity index (χ4v) is 3.89. The predicted molar refractivity (Wildman–Crippen MR) is 142 cm³/mol. The maximum Gasteiger partial charge on any atom is 0.191 e. The van der Waals surface area contributed by atoms with Crippen LogP contribution in [0.3, 0.4) is 0 Å². The number of rotatable bonds is 9. The molecule has 0 bridgehead atoms. The van der Waals surface area contributed by atoms with Gasteiger partial charge in [0, 0.05) is 31.7 Å². The van der Waals surface area contributed by atoms with Gasteiger partial charge in [0.15, 0.2) is 5.96 Å². The zero-order valence-electron chi connectivity index (χ0n) is 19.4. The van der Waals surface area contributed by atoms with E-state index in [1.165, 1.54) is 17.7 Å². The minimum Gasteiger partial charge on any atom is -0.491 e. The highest BCUT2D eigenvalue weighted by atomic mass is 127. The van der Waals surface area contributed by atoms with Crippen molar-refractivity contribution in [2.75, 3.05) is 26.2 Å². The SMILES string of the molecule is CCNC(=NCC(O)COc1ccc(F)cc1)NC1CCN(Cc2ccccc2)C(C)C1.I. The lowest BCUT2D eigenvalue weighted by molar-refractivity contribution is 0.114. The molecule has 3 atom stereocenters. The zero-order valence-corrected chi connectivity index (χ0v) is 21.7. The molecule has 2 aromatic carbocycles. The van der Waals surface area contributed by atoms with E-state index in [4.69, 9.17) is 4.74 Å². The van der Waals surface area contributed by atoms with Crippen LogP contribution in [-0.4, -0.2) is 60.4 Å². The minimum atomic E-state index is -0.748. The molecule has 1 saturated heterocycles. The number of aliphatic hydroxyl groups excluding tert-OH is 1. The Kier molecular flexibility index (Phi) is 11.9. The van der Waals surface area contributed by atoms with E-state index in [0.29, 0.717) is 23.8 Å². The Morgan fingerprint density at radius 3 is 2.61 bits per heavy atom. The second kappa shape index (κ2) is 14.4. The van der Waals surface area contributed by atoms with Crippen molar-refractivity contribution in [1.82, 2.24) is 15.5 Å². The third-order valence-electron chi connectivity index (χ3n) is 5.64. The number of piperidine rings is 1. The number of likely N-dealkylation sites (tertiary alicyclic amines) is 1. The summed E-state index contributed by atoms with van der Waals surface area (Å²) in [5.41, 5.74) is 1.34. The number of ether oxygens (including phenoxy) is 1. The summed E-state index contributed by atoms with van der Waals surface area (Å²) in [5.74, 6) is 0.918. The van der Waals surface area contributed by atoms with Crippen LogP contribution in [-0.2, 0) is 6.54 Å². The van der Waals surface area contributed by atoms with E-state index >= 15 is 0 Å². The summed E-state index contributed by atoms with van der Waals surface area (Å²) in [6.07, 6.45) is 1.33. The first-order chi connectivity index (χ1) is 15.5. The van der Waals surface area contributed by atoms with Crippen molar-refractivity contribution in [2.24, 2.45) is 4.99 Å². The summed E-state index contributed by atoms with van der Waals surface area (Å²) in [4.78, 5) is 7.06. The summed E-state index contributed by atoms with van der Waals surface area (Å²) in [6.45, 7) is 7.37. The Morgan fingerprint density at radius 1 is 1.21 bits per heavy atom. The third kappa shape index (κ3) is 9.46. The van der Waals surface area contributed by atoms with Crippen LogP contribution in [0.15, 0.2) is 59.6 Å². The molecule has 1 heterocycles. The molecule has 1 fully saturated rings. The first kappa shape index (κ1) is 27.3. The van der Waals surface area contributed by atoms with Crippen LogP contribution in [0.5, 0.6) is 5.75 Å². The third-order valence-corrected chi connectivity index (χ3v) is 5.64. The molecule has 8 heteroatoms. The Balaban J connectivity index is 0.00000385. The van der Waals surface area contributed by atoms with Gasteiger partial charge in [-0.25, -0.2) is 4.39 Å². The van der Waals surface area contributed by atoms with Crippen molar-refractivity contribution < 1.29 is 14.2 Å². The molecular weight excluding hydrogens is 534 g/mol. The minimum absolute atomic E-state index is 0. The summed E-state index contributed by atoms with van der Waals surface area (Å²) >= 11 is 0. The molecule has 3 rings (SSSR count). The summed E-state index contributed by atoms with van der Waals surface area (Å²) in [6, 6.07) is 17.1. The van der Waals surface area contributed by atoms with Gasteiger partial charge in [-0.1, -0.05) is 30.3 Å². The van der Waals surface area contributed by atoms with E-state index in [9.17, 15) is 9.50 Å². The first-order valence-corrected chi connectivity index (χ1v) is 11.4. The van der Waals surface area contributed by atoms with Crippen molar-refractivity contribution in [3.63, 3.8) is 0 Å². The van der Waals surface area contributed by atoms with E-state index in [-0.39, 0.29) is 42.9 Å². The second-order valence-electron chi connectivity index (χ2n) is 8.31. The van der Waals surface area contributed by atoms with E-state index in [2.05, 4.69) is 57.8 Å². The molecular formula is C25H36FIN4O2. The Labute approximate surface area is 213 Å². The number of guanidine groups is 1. The molecule has 1 aliphatic rings. The van der Waals surface area contributed by atoms with Crippen molar-refractivity contribution in [3.8, 4) is 5.75 Å². The fourth-order valence-electron chi connectivity index (χ4n) is 3.89. The maximum atomic E-state index is 13.0. The van der Waals surface area contributed by atoms with Crippen molar-refractivity contribution in [2.45, 2.75) is 51.4 Å². The number of nitrogens with one attached hydrogen (secondary N) is 2. The summed E-state index contributed by atoms with van der Waals surface area (Å²) < 4.78 is 18.5. The first-order valence-electron chi connectivity index (χ1n) is 11.4. The van der Waals surface area contributed by atoms with Crippen molar-refractivity contribution in [3.05, 3.63) is 66.0 Å². The molecule has 1 aliphatic heterocycles. The molecule has 0 aliphatic carbocycles. The van der Waals surface area contributed by atoms with Crippen LogP contribution in [0, 0.1) is 5.82 Å². The second-order valence-corrected chi connectivity index (χ2v) is 8.31. The predicted octanol–water partition coefficient (Wildman–Crippen LogP) is 3.79. The summed E-state index contributed by atoms with van der Waals surface area (Å²) in [7, 11) is 0. The average molecular weight is 570 g/mol. The van der Waals surface area contributed by atoms with Gasteiger partial charge >= 0.3 is 0 Å². The monoisotopic (exact) mass is 570 g/mol. The quantitative estimate of drug-likeness (QED) is 0.243. The highest BCUT2D eigenvalue weighted by Gasteiger charge is 2.26. The van der Waals surface area contributed by atoms with Gasteiger partial charge in [-0.2, -0.15) is 0 Å². The van der Waals surface area contributed by atoms with E-state index in [0.717, 1.165) is 32.5 Å². The molecule has 182 valence electrons. The highest BCUT2D eigenvalue weighted by molar-refractivity contribution is 14.0. The maximum absolute atomic E-state index is 13.0. The van der Waals surface area contributed by atoms with Gasteiger partial charge in [0.25, 0.3) is 0 Å². The molecule has 0 aromatic heterocycles. The lowest BCUT2D eigenvalue weighted by Gasteiger charge is -2.38. The smallest absolute Gasteiger partial charge is 0.191 e. The Morgan fingerprint density at radius 2 is 1.94 bits per heavy atom. The van der Waals surface area contributed by atoms with Gasteiger partial charge in [-0.3, -0.25) is 9.89 Å². The topological polar surface area (TPSA) is 69.1 Å². The highest BCUT2D eigenvalue weighted by Crippen LogP contribution is 2.20. The van der Waals surface area contributed by atoms with E-state index in [1.807, 2.05) is 6.92 Å². The largest absolute Gasteiger partial charge is 0.491 e. The van der Waals surface area contributed by atoms with Gasteiger partial charge in [0.1, 0.15) is 24.3 Å². The number of hydrogen-bond acceptors (Lipinski definition) is 4. The molecule has 0 radical (unpaired) electrons. The van der Waals surface area contributed by atoms with E-state index < -0.39 is 6.10 Å². The lowest BCUT2D eigenvalue weighted by atomic mass is 9.97. The molecule has 0 spiro atoms. The lowest BCUT2D eigenvalue weighted by Crippen LogP contribution is -2.51. The van der Waals surface area contributed by atoms with Crippen LogP contribution < -0.4 is 15.4 Å². The van der Waals surface area contributed by atoms with E-state index in [1.54, 1.807) is 12.1 Å². The van der Waals surface area contributed by atoms with Crippen LogP contribution in [0.25, 0.3) is 0 Å². The average Bonchev–Trinajstić information content (AvgIpc) is 2.80. The fraction of sp³-hybridized carbons (Fsp3) is 0.480. The van der Waals surface area contributed by atoms with Gasteiger partial charge in [-0.15, -0.1) is 24.0 Å². The van der Waals surface area contributed by atoms with Crippen molar-refractivity contribution in [1.29, 1.82) is 0 Å². The molecule has 3 unspecified atom stereocenters. The van der Waals surface area contributed by atoms with Gasteiger partial charge < -0.3 is 20.5 Å². The number of hydrogen-bond donors (Lipinski definition) is 3. The summed E-state index contributed by atoms with van der Waals surface area (Å²) in [5, 5.41) is 17.0. The van der Waals surface area contributed by atoms with Gasteiger partial charge in [-0.05, 0) is 56.5 Å². The molecule has 6 nitrogen and oxygen atoms in total. The Bertz CT molecular complexity index is 838. The normalized spacial score (nSPS) is 19.9. The molecule has 2 aromatic rings. The van der Waals surface area contributed by atoms with Crippen molar-refractivity contribution >= 4 is 29.9 Å². The number of benzene rings is 2. The standard InChI is InChI=1S/C25H35FN4O2.HI/c1-3-27-25(28-16-23(31)18-32-24-11-9-21(26)10-12-24)29-22-13-14-30(19(2)15-22)17-20-7-5-4-6-8-20;/h4-12,19,22-23,31H,3,13-18H2,1-2H3,(H2,27,28,29);1H. The molecule has 0 saturated carbocycles. The zero-order chi connectivity index (χ0) is 22.8. The van der Waals surface area contributed by atoms with Gasteiger partial charge in [0.05, 0.1) is 6.54 Å². The van der Waals surface area contributed by atoms with Crippen LogP contribution >= 0.6 is 24.0 Å². The molecule has 3 N–H and O–H groups in total. The van der Waals surface area contributed by atoms with Crippen LogP contribution in [0.4, 0.5) is 4.39 Å². The number of aliphatic imine (C=N–C) groups is 1. The molecule has 0 amide bonds. The Hall–Kier alpha value is -1.91. The van der Waals surface area contributed by atoms with Crippen LogP contribution in [0.1, 0.15) is 32.3 Å². The molecule has 33 heavy (non-hydrogen) atoms.